The Morgan fingerprint density at radius 2 is 1.71 bits per heavy atom. The van der Waals surface area contributed by atoms with Gasteiger partial charge in [-0.3, -0.25) is 0 Å². The Morgan fingerprint density at radius 3 is 2.32 bits per heavy atom. The number of nitrogens with zero attached hydrogens (tertiary/aromatic N) is 4. The van der Waals surface area contributed by atoms with Gasteiger partial charge in [0.1, 0.15) is 11.6 Å². The Bertz CT molecular complexity index is 661. The number of aromatic nitrogens is 2. The SMILES string of the molecule is C=CCNC(=S)Nc1nc(N2CCCCCC2)cc(N2CC(C)CC(C)C2)n1. The Labute approximate surface area is 174 Å². The van der Waals surface area contributed by atoms with Gasteiger partial charge in [-0.2, -0.15) is 9.97 Å². The minimum atomic E-state index is 0.527. The maximum atomic E-state index is 5.38. The van der Waals surface area contributed by atoms with E-state index in [4.69, 9.17) is 22.2 Å². The second-order valence-electron chi connectivity index (χ2n) is 8.28. The van der Waals surface area contributed by atoms with E-state index in [0.29, 0.717) is 29.4 Å². The second-order valence-corrected chi connectivity index (χ2v) is 8.69. The maximum Gasteiger partial charge on any atom is 0.232 e. The summed E-state index contributed by atoms with van der Waals surface area (Å²) in [7, 11) is 0. The molecule has 2 atom stereocenters. The lowest BCUT2D eigenvalue weighted by Crippen LogP contribution is -2.39. The molecule has 2 aliphatic rings. The average molecular weight is 403 g/mol. The van der Waals surface area contributed by atoms with E-state index in [1.54, 1.807) is 6.08 Å². The van der Waals surface area contributed by atoms with Gasteiger partial charge < -0.3 is 20.4 Å². The zero-order valence-corrected chi connectivity index (χ0v) is 18.1. The van der Waals surface area contributed by atoms with Crippen molar-refractivity contribution >= 4 is 34.9 Å². The van der Waals surface area contributed by atoms with Gasteiger partial charge >= 0.3 is 0 Å². The van der Waals surface area contributed by atoms with Crippen molar-refractivity contribution in [3.05, 3.63) is 18.7 Å². The maximum absolute atomic E-state index is 5.38. The lowest BCUT2D eigenvalue weighted by atomic mass is 9.92. The van der Waals surface area contributed by atoms with Gasteiger partial charge in [0.2, 0.25) is 5.95 Å². The van der Waals surface area contributed by atoms with Crippen molar-refractivity contribution in [2.45, 2.75) is 46.0 Å². The van der Waals surface area contributed by atoms with Crippen LogP contribution < -0.4 is 20.4 Å². The summed E-state index contributed by atoms with van der Waals surface area (Å²) < 4.78 is 0. The van der Waals surface area contributed by atoms with Crippen LogP contribution in [0.2, 0.25) is 0 Å². The van der Waals surface area contributed by atoms with Crippen LogP contribution in [0.4, 0.5) is 17.6 Å². The first-order valence-corrected chi connectivity index (χ1v) is 11.0. The summed E-state index contributed by atoms with van der Waals surface area (Å²) in [4.78, 5) is 14.4. The zero-order chi connectivity index (χ0) is 19.9. The highest BCUT2D eigenvalue weighted by Gasteiger charge is 2.24. The van der Waals surface area contributed by atoms with Crippen molar-refractivity contribution in [2.24, 2.45) is 11.8 Å². The van der Waals surface area contributed by atoms with Crippen LogP contribution in [0.1, 0.15) is 46.0 Å². The number of hydrogen-bond donors (Lipinski definition) is 2. The number of hydrogen-bond acceptors (Lipinski definition) is 5. The molecule has 0 aliphatic carbocycles. The Kier molecular flexibility index (Phi) is 7.48. The Morgan fingerprint density at radius 1 is 1.11 bits per heavy atom. The predicted octanol–water partition coefficient (Wildman–Crippen LogP) is 3.81. The van der Waals surface area contributed by atoms with Gasteiger partial charge in [0.15, 0.2) is 5.11 Å². The summed E-state index contributed by atoms with van der Waals surface area (Å²) in [5, 5.41) is 6.80. The summed E-state index contributed by atoms with van der Waals surface area (Å²) in [6, 6.07) is 2.17. The molecule has 2 saturated heterocycles. The molecule has 0 bridgehead atoms. The summed E-state index contributed by atoms with van der Waals surface area (Å²) in [5.74, 6) is 3.93. The first-order chi connectivity index (χ1) is 13.5. The molecule has 154 valence electrons. The van der Waals surface area contributed by atoms with E-state index in [1.807, 2.05) is 0 Å². The molecule has 28 heavy (non-hydrogen) atoms. The fourth-order valence-electron chi connectivity index (χ4n) is 4.26. The van der Waals surface area contributed by atoms with Gasteiger partial charge in [-0.1, -0.05) is 32.8 Å². The van der Waals surface area contributed by atoms with Crippen LogP contribution in [0, 0.1) is 11.8 Å². The van der Waals surface area contributed by atoms with Crippen molar-refractivity contribution in [1.29, 1.82) is 0 Å². The fourth-order valence-corrected chi connectivity index (χ4v) is 4.44. The quantitative estimate of drug-likeness (QED) is 0.574. The molecule has 2 fully saturated rings. The number of nitrogens with one attached hydrogen (secondary N) is 2. The van der Waals surface area contributed by atoms with E-state index < -0.39 is 0 Å². The van der Waals surface area contributed by atoms with Gasteiger partial charge in [-0.25, -0.2) is 0 Å². The number of rotatable bonds is 5. The molecule has 0 amide bonds. The van der Waals surface area contributed by atoms with Crippen LogP contribution >= 0.6 is 12.2 Å². The van der Waals surface area contributed by atoms with Crippen LogP contribution in [0.5, 0.6) is 0 Å². The van der Waals surface area contributed by atoms with Gasteiger partial charge in [0.25, 0.3) is 0 Å². The third-order valence-electron chi connectivity index (χ3n) is 5.45. The molecule has 2 aliphatic heterocycles. The Hall–Kier alpha value is -1.89. The molecule has 7 heteroatoms. The van der Waals surface area contributed by atoms with Crippen molar-refractivity contribution in [3.8, 4) is 0 Å². The summed E-state index contributed by atoms with van der Waals surface area (Å²) >= 11 is 5.38. The monoisotopic (exact) mass is 402 g/mol. The standard InChI is InChI=1S/C21H34N6S/c1-4-9-22-21(28)25-20-23-18(26-10-7-5-6-8-11-26)13-19(24-20)27-14-16(2)12-17(3)15-27/h4,13,16-17H,1,5-12,14-15H2,2-3H3,(H2,22,23,24,25,28). The van der Waals surface area contributed by atoms with Gasteiger partial charge in [0.05, 0.1) is 0 Å². The predicted molar refractivity (Wildman–Crippen MR) is 122 cm³/mol. The molecule has 0 spiro atoms. The molecule has 2 N–H and O–H groups in total. The highest BCUT2D eigenvalue weighted by Crippen LogP contribution is 2.29. The van der Waals surface area contributed by atoms with E-state index >= 15 is 0 Å². The lowest BCUT2D eigenvalue weighted by Gasteiger charge is -2.36. The first kappa shape index (κ1) is 20.8. The molecule has 0 saturated carbocycles. The normalized spacial score (nSPS) is 23.1. The van der Waals surface area contributed by atoms with Crippen LogP contribution in [0.15, 0.2) is 18.7 Å². The van der Waals surface area contributed by atoms with Gasteiger partial charge in [0, 0.05) is 38.8 Å². The molecule has 0 aromatic carbocycles. The Balaban J connectivity index is 1.86. The van der Waals surface area contributed by atoms with E-state index in [-0.39, 0.29) is 0 Å². The van der Waals surface area contributed by atoms with Crippen LogP contribution in [-0.2, 0) is 0 Å². The molecule has 6 nitrogen and oxygen atoms in total. The van der Waals surface area contributed by atoms with Crippen molar-refractivity contribution in [2.75, 3.05) is 47.8 Å². The molecule has 3 rings (SSSR count). The second kappa shape index (κ2) is 10.0. The van der Waals surface area contributed by atoms with Gasteiger partial charge in [-0.15, -0.1) is 6.58 Å². The van der Waals surface area contributed by atoms with E-state index in [2.05, 4.69) is 46.9 Å². The largest absolute Gasteiger partial charge is 0.359 e. The molecule has 3 heterocycles. The van der Waals surface area contributed by atoms with E-state index in [1.165, 1.54) is 32.1 Å². The average Bonchev–Trinajstić information content (AvgIpc) is 2.95. The molecular formula is C21H34N6S. The van der Waals surface area contributed by atoms with Gasteiger partial charge in [-0.05, 0) is 43.3 Å². The summed E-state index contributed by atoms with van der Waals surface area (Å²) in [5.41, 5.74) is 0. The van der Waals surface area contributed by atoms with Crippen LogP contribution in [0.25, 0.3) is 0 Å². The molecular weight excluding hydrogens is 368 g/mol. The third-order valence-corrected chi connectivity index (χ3v) is 5.70. The number of thiocarbonyl (C=S) groups is 1. The summed E-state index contributed by atoms with van der Waals surface area (Å²) in [6.45, 7) is 13.2. The highest BCUT2D eigenvalue weighted by atomic mass is 32.1. The van der Waals surface area contributed by atoms with Crippen molar-refractivity contribution < 1.29 is 0 Å². The highest BCUT2D eigenvalue weighted by molar-refractivity contribution is 7.80. The zero-order valence-electron chi connectivity index (χ0n) is 17.3. The lowest BCUT2D eigenvalue weighted by molar-refractivity contribution is 0.355. The molecule has 1 aromatic rings. The number of anilines is 3. The van der Waals surface area contributed by atoms with E-state index in [0.717, 1.165) is 37.8 Å². The smallest absolute Gasteiger partial charge is 0.232 e. The van der Waals surface area contributed by atoms with Crippen LogP contribution in [0.3, 0.4) is 0 Å². The first-order valence-electron chi connectivity index (χ1n) is 10.6. The van der Waals surface area contributed by atoms with E-state index in [9.17, 15) is 0 Å². The fraction of sp³-hybridized carbons (Fsp3) is 0.667. The molecule has 0 radical (unpaired) electrons. The van der Waals surface area contributed by atoms with Crippen molar-refractivity contribution in [3.63, 3.8) is 0 Å². The minimum Gasteiger partial charge on any atom is -0.359 e. The molecule has 2 unspecified atom stereocenters. The number of piperidine rings is 1. The minimum absolute atomic E-state index is 0.527. The summed E-state index contributed by atoms with van der Waals surface area (Å²) in [6.07, 6.45) is 8.11. The molecule has 1 aromatic heterocycles. The van der Waals surface area contributed by atoms with Crippen molar-refractivity contribution in [1.82, 2.24) is 15.3 Å². The van der Waals surface area contributed by atoms with Crippen LogP contribution in [-0.4, -0.2) is 47.8 Å². The topological polar surface area (TPSA) is 56.3 Å². The third kappa shape index (κ3) is 5.80.